The topological polar surface area (TPSA) is 32.3 Å². The van der Waals surface area contributed by atoms with Crippen LogP contribution in [0.15, 0.2) is 0 Å². The van der Waals surface area contributed by atoms with Crippen LogP contribution < -0.4 is 5.32 Å². The van der Waals surface area contributed by atoms with Gasteiger partial charge in [-0.1, -0.05) is 39.0 Å². The van der Waals surface area contributed by atoms with Crippen molar-refractivity contribution in [3.8, 4) is 0 Å². The SMILES string of the molecule is CC1CCCCC1CNC1CCCCC1O. The smallest absolute Gasteiger partial charge is 0.0693 e. The first-order valence-corrected chi connectivity index (χ1v) is 7.19. The van der Waals surface area contributed by atoms with Crippen molar-refractivity contribution >= 4 is 0 Å². The number of aliphatic hydroxyl groups excluding tert-OH is 1. The highest BCUT2D eigenvalue weighted by molar-refractivity contribution is 4.82. The highest BCUT2D eigenvalue weighted by Crippen LogP contribution is 2.29. The van der Waals surface area contributed by atoms with Crippen molar-refractivity contribution in [3.63, 3.8) is 0 Å². The van der Waals surface area contributed by atoms with Gasteiger partial charge in [-0.15, -0.1) is 0 Å². The van der Waals surface area contributed by atoms with Gasteiger partial charge in [0.15, 0.2) is 0 Å². The molecule has 0 saturated heterocycles. The van der Waals surface area contributed by atoms with E-state index >= 15 is 0 Å². The van der Waals surface area contributed by atoms with Crippen LogP contribution in [0.5, 0.6) is 0 Å². The molecule has 0 heterocycles. The molecule has 0 aromatic carbocycles. The molecule has 0 radical (unpaired) electrons. The Morgan fingerprint density at radius 2 is 1.69 bits per heavy atom. The summed E-state index contributed by atoms with van der Waals surface area (Å²) in [7, 11) is 0. The van der Waals surface area contributed by atoms with Crippen molar-refractivity contribution < 1.29 is 5.11 Å². The first-order chi connectivity index (χ1) is 7.77. The first-order valence-electron chi connectivity index (χ1n) is 7.19. The van der Waals surface area contributed by atoms with E-state index in [1.54, 1.807) is 0 Å². The zero-order valence-electron chi connectivity index (χ0n) is 10.6. The minimum Gasteiger partial charge on any atom is -0.392 e. The fraction of sp³-hybridized carbons (Fsp3) is 1.00. The van der Waals surface area contributed by atoms with Gasteiger partial charge in [0.1, 0.15) is 0 Å². The molecular formula is C14H27NO. The maximum absolute atomic E-state index is 9.90. The van der Waals surface area contributed by atoms with Crippen molar-refractivity contribution in [3.05, 3.63) is 0 Å². The Morgan fingerprint density at radius 3 is 2.44 bits per heavy atom. The lowest BCUT2D eigenvalue weighted by molar-refractivity contribution is 0.0851. The Kier molecular flexibility index (Phi) is 4.66. The van der Waals surface area contributed by atoms with E-state index in [1.807, 2.05) is 0 Å². The maximum atomic E-state index is 9.90. The molecule has 0 bridgehead atoms. The highest BCUT2D eigenvalue weighted by Gasteiger charge is 2.26. The average Bonchev–Trinajstić information content (AvgIpc) is 2.30. The molecule has 0 aliphatic heterocycles. The number of aliphatic hydroxyl groups is 1. The molecular weight excluding hydrogens is 198 g/mol. The summed E-state index contributed by atoms with van der Waals surface area (Å²) < 4.78 is 0. The van der Waals surface area contributed by atoms with Crippen molar-refractivity contribution in [2.75, 3.05) is 6.54 Å². The van der Waals surface area contributed by atoms with E-state index in [1.165, 1.54) is 44.9 Å². The zero-order valence-corrected chi connectivity index (χ0v) is 10.6. The fourth-order valence-electron chi connectivity index (χ4n) is 3.35. The van der Waals surface area contributed by atoms with Crippen LogP contribution in [0.2, 0.25) is 0 Å². The number of nitrogens with one attached hydrogen (secondary N) is 1. The van der Waals surface area contributed by atoms with E-state index in [0.717, 1.165) is 24.8 Å². The minimum absolute atomic E-state index is 0.0901. The number of rotatable bonds is 3. The van der Waals surface area contributed by atoms with Crippen LogP contribution in [0.1, 0.15) is 58.3 Å². The molecule has 0 spiro atoms. The monoisotopic (exact) mass is 225 g/mol. The van der Waals surface area contributed by atoms with Gasteiger partial charge >= 0.3 is 0 Å². The third-order valence-electron chi connectivity index (χ3n) is 4.66. The molecule has 2 rings (SSSR count). The molecule has 2 N–H and O–H groups in total. The molecule has 0 aromatic rings. The largest absolute Gasteiger partial charge is 0.392 e. The Hall–Kier alpha value is -0.0800. The van der Waals surface area contributed by atoms with Crippen LogP contribution in [0.3, 0.4) is 0 Å². The average molecular weight is 225 g/mol. The Labute approximate surface area is 99.8 Å². The predicted molar refractivity (Wildman–Crippen MR) is 67.4 cm³/mol. The standard InChI is InChI=1S/C14H27NO/c1-11-6-2-3-7-12(11)10-15-13-8-4-5-9-14(13)16/h11-16H,2-10H2,1H3. The van der Waals surface area contributed by atoms with Gasteiger partial charge in [0.2, 0.25) is 0 Å². The lowest BCUT2D eigenvalue weighted by Gasteiger charge is -2.33. The number of hydrogen-bond acceptors (Lipinski definition) is 2. The molecule has 0 amide bonds. The van der Waals surface area contributed by atoms with Crippen molar-refractivity contribution in [1.82, 2.24) is 5.32 Å². The van der Waals surface area contributed by atoms with Crippen LogP contribution in [0.4, 0.5) is 0 Å². The summed E-state index contributed by atoms with van der Waals surface area (Å²) in [5.41, 5.74) is 0. The van der Waals surface area contributed by atoms with Crippen molar-refractivity contribution in [2.24, 2.45) is 11.8 Å². The molecule has 2 aliphatic rings. The van der Waals surface area contributed by atoms with Crippen molar-refractivity contribution in [1.29, 1.82) is 0 Å². The van der Waals surface area contributed by atoms with Crippen LogP contribution >= 0.6 is 0 Å². The van der Waals surface area contributed by atoms with Crippen molar-refractivity contribution in [2.45, 2.75) is 70.4 Å². The summed E-state index contributed by atoms with van der Waals surface area (Å²) >= 11 is 0. The van der Waals surface area contributed by atoms with E-state index in [9.17, 15) is 5.11 Å². The molecule has 4 atom stereocenters. The van der Waals surface area contributed by atoms with Crippen LogP contribution in [-0.4, -0.2) is 23.8 Å². The van der Waals surface area contributed by atoms with Gasteiger partial charge < -0.3 is 10.4 Å². The zero-order chi connectivity index (χ0) is 11.4. The second-order valence-corrected chi connectivity index (χ2v) is 5.89. The first kappa shape index (κ1) is 12.4. The van der Waals surface area contributed by atoms with Gasteiger partial charge in [0, 0.05) is 6.04 Å². The van der Waals surface area contributed by atoms with Gasteiger partial charge in [-0.2, -0.15) is 0 Å². The quantitative estimate of drug-likeness (QED) is 0.774. The van der Waals surface area contributed by atoms with Gasteiger partial charge in [0.05, 0.1) is 6.10 Å². The van der Waals surface area contributed by atoms with E-state index in [2.05, 4.69) is 12.2 Å². The van der Waals surface area contributed by atoms with Gasteiger partial charge in [0.25, 0.3) is 0 Å². The second-order valence-electron chi connectivity index (χ2n) is 5.89. The highest BCUT2D eigenvalue weighted by atomic mass is 16.3. The predicted octanol–water partition coefficient (Wildman–Crippen LogP) is 2.71. The summed E-state index contributed by atoms with van der Waals surface area (Å²) in [6.07, 6.45) is 10.2. The molecule has 2 aliphatic carbocycles. The van der Waals surface area contributed by atoms with E-state index in [4.69, 9.17) is 0 Å². The van der Waals surface area contributed by atoms with Crippen LogP contribution in [0, 0.1) is 11.8 Å². The summed E-state index contributed by atoms with van der Waals surface area (Å²) in [5, 5.41) is 13.5. The van der Waals surface area contributed by atoms with E-state index in [0.29, 0.717) is 6.04 Å². The molecule has 94 valence electrons. The summed E-state index contributed by atoms with van der Waals surface area (Å²) in [4.78, 5) is 0. The van der Waals surface area contributed by atoms with Gasteiger partial charge in [-0.3, -0.25) is 0 Å². The molecule has 2 fully saturated rings. The van der Waals surface area contributed by atoms with Gasteiger partial charge in [-0.25, -0.2) is 0 Å². The Bertz CT molecular complexity index is 185. The summed E-state index contributed by atoms with van der Waals surface area (Å²) in [6.45, 7) is 3.52. The molecule has 4 unspecified atom stereocenters. The van der Waals surface area contributed by atoms with E-state index in [-0.39, 0.29) is 6.10 Å². The van der Waals surface area contributed by atoms with Crippen LogP contribution in [0.25, 0.3) is 0 Å². The third-order valence-corrected chi connectivity index (χ3v) is 4.66. The molecule has 2 heteroatoms. The lowest BCUT2D eigenvalue weighted by Crippen LogP contribution is -2.45. The molecule has 16 heavy (non-hydrogen) atoms. The van der Waals surface area contributed by atoms with Crippen LogP contribution in [-0.2, 0) is 0 Å². The molecule has 0 aromatic heterocycles. The summed E-state index contributed by atoms with van der Waals surface area (Å²) in [5.74, 6) is 1.73. The lowest BCUT2D eigenvalue weighted by atomic mass is 9.80. The summed E-state index contributed by atoms with van der Waals surface area (Å²) in [6, 6.07) is 0.378. The number of hydrogen-bond donors (Lipinski definition) is 2. The fourth-order valence-corrected chi connectivity index (χ4v) is 3.35. The normalized spacial score (nSPS) is 40.9. The maximum Gasteiger partial charge on any atom is 0.0693 e. The molecule has 2 saturated carbocycles. The Morgan fingerprint density at radius 1 is 1.00 bits per heavy atom. The Balaban J connectivity index is 1.72. The van der Waals surface area contributed by atoms with Gasteiger partial charge in [-0.05, 0) is 37.6 Å². The minimum atomic E-state index is -0.0901. The van der Waals surface area contributed by atoms with E-state index < -0.39 is 0 Å². The molecule has 2 nitrogen and oxygen atoms in total. The second kappa shape index (κ2) is 6.02. The third kappa shape index (κ3) is 3.21.